The molecule has 2 heterocycles. The highest BCUT2D eigenvalue weighted by molar-refractivity contribution is 8.18. The largest absolute Gasteiger partial charge is 0.457 e. The SMILES string of the molecule is CC(=O)NC1=NC(=O)/C(=C\c2ccc(-c3cc([N+](=O)[O-])ccc3C)o2)S1. The maximum Gasteiger partial charge on any atom is 0.286 e. The smallest absolute Gasteiger partial charge is 0.286 e. The van der Waals surface area contributed by atoms with Crippen LogP contribution in [0.2, 0.25) is 0 Å². The first-order valence-corrected chi connectivity index (χ1v) is 8.30. The predicted molar refractivity (Wildman–Crippen MR) is 97.4 cm³/mol. The molecule has 0 saturated carbocycles. The molecule has 0 bridgehead atoms. The van der Waals surface area contributed by atoms with E-state index >= 15 is 0 Å². The van der Waals surface area contributed by atoms with Gasteiger partial charge >= 0.3 is 0 Å². The summed E-state index contributed by atoms with van der Waals surface area (Å²) in [5, 5.41) is 13.6. The average molecular weight is 371 g/mol. The van der Waals surface area contributed by atoms with Gasteiger partial charge in [0.05, 0.1) is 9.83 Å². The zero-order valence-corrected chi connectivity index (χ0v) is 14.6. The van der Waals surface area contributed by atoms with Crippen molar-refractivity contribution in [1.82, 2.24) is 5.32 Å². The van der Waals surface area contributed by atoms with Gasteiger partial charge in [0.25, 0.3) is 11.6 Å². The monoisotopic (exact) mass is 371 g/mol. The van der Waals surface area contributed by atoms with Crippen molar-refractivity contribution < 1.29 is 18.9 Å². The van der Waals surface area contributed by atoms with Crippen molar-refractivity contribution in [2.24, 2.45) is 4.99 Å². The van der Waals surface area contributed by atoms with Crippen LogP contribution in [0.25, 0.3) is 17.4 Å². The zero-order chi connectivity index (χ0) is 18.8. The fourth-order valence-electron chi connectivity index (χ4n) is 2.31. The second-order valence-corrected chi connectivity index (χ2v) is 6.50. The summed E-state index contributed by atoms with van der Waals surface area (Å²) in [4.78, 5) is 37.5. The van der Waals surface area contributed by atoms with E-state index in [0.29, 0.717) is 22.0 Å². The number of hydrogen-bond acceptors (Lipinski definition) is 6. The number of rotatable bonds is 3. The molecular formula is C17H13N3O5S. The number of nitrogens with one attached hydrogen (secondary N) is 1. The lowest BCUT2D eigenvalue weighted by molar-refractivity contribution is -0.384. The Morgan fingerprint density at radius 2 is 2.12 bits per heavy atom. The Kier molecular flexibility index (Phi) is 4.72. The van der Waals surface area contributed by atoms with Gasteiger partial charge in [0.1, 0.15) is 11.5 Å². The highest BCUT2D eigenvalue weighted by Gasteiger charge is 2.23. The number of amidine groups is 1. The van der Waals surface area contributed by atoms with Gasteiger partial charge in [-0.15, -0.1) is 0 Å². The van der Waals surface area contributed by atoms with Gasteiger partial charge in [-0.1, -0.05) is 6.07 Å². The molecule has 2 amide bonds. The minimum atomic E-state index is -0.469. The molecule has 9 heteroatoms. The molecule has 1 aliphatic heterocycles. The van der Waals surface area contributed by atoms with E-state index in [-0.39, 0.29) is 16.8 Å². The van der Waals surface area contributed by atoms with E-state index in [4.69, 9.17) is 4.42 Å². The molecule has 8 nitrogen and oxygen atoms in total. The molecule has 1 aromatic heterocycles. The number of furan rings is 1. The molecule has 1 N–H and O–H groups in total. The molecule has 1 aromatic carbocycles. The lowest BCUT2D eigenvalue weighted by Crippen LogP contribution is -2.23. The van der Waals surface area contributed by atoms with Gasteiger partial charge in [0.15, 0.2) is 5.17 Å². The number of thioether (sulfide) groups is 1. The normalized spacial score (nSPS) is 15.2. The molecule has 0 saturated heterocycles. The minimum Gasteiger partial charge on any atom is -0.457 e. The average Bonchev–Trinajstić information content (AvgIpc) is 3.14. The fraction of sp³-hybridized carbons (Fsp3) is 0.118. The van der Waals surface area contributed by atoms with Gasteiger partial charge in [-0.2, -0.15) is 4.99 Å². The summed E-state index contributed by atoms with van der Waals surface area (Å²) < 4.78 is 5.71. The van der Waals surface area contributed by atoms with E-state index in [0.717, 1.165) is 17.3 Å². The summed E-state index contributed by atoms with van der Waals surface area (Å²) in [6.07, 6.45) is 1.52. The molecule has 0 spiro atoms. The van der Waals surface area contributed by atoms with Crippen molar-refractivity contribution >= 4 is 40.5 Å². The van der Waals surface area contributed by atoms with Gasteiger partial charge < -0.3 is 9.73 Å². The highest BCUT2D eigenvalue weighted by atomic mass is 32.2. The lowest BCUT2D eigenvalue weighted by Gasteiger charge is -2.02. The number of carbonyl (C=O) groups is 2. The number of non-ortho nitro benzene ring substituents is 1. The van der Waals surface area contributed by atoms with Crippen molar-refractivity contribution in [3.05, 3.63) is 56.7 Å². The molecular weight excluding hydrogens is 358 g/mol. The second kappa shape index (κ2) is 6.96. The summed E-state index contributed by atoms with van der Waals surface area (Å²) in [5.41, 5.74) is 1.40. The van der Waals surface area contributed by atoms with Crippen molar-refractivity contribution in [1.29, 1.82) is 0 Å². The standard InChI is InChI=1S/C17H13N3O5S/c1-9-3-4-11(20(23)24)7-13(9)14-6-5-12(25-14)8-15-16(22)19-17(26-15)18-10(2)21/h3-8H,1-2H3,(H,18,19,21,22)/b15-8+. The zero-order valence-electron chi connectivity index (χ0n) is 13.8. The Hall–Kier alpha value is -3.20. The Morgan fingerprint density at radius 3 is 2.81 bits per heavy atom. The van der Waals surface area contributed by atoms with Crippen molar-refractivity contribution in [2.45, 2.75) is 13.8 Å². The topological polar surface area (TPSA) is 115 Å². The minimum absolute atomic E-state index is 0.0308. The molecule has 132 valence electrons. The molecule has 0 unspecified atom stereocenters. The first-order valence-electron chi connectivity index (χ1n) is 7.49. The fourth-order valence-corrected chi connectivity index (χ4v) is 3.15. The first kappa shape index (κ1) is 17.6. The molecule has 1 aliphatic rings. The van der Waals surface area contributed by atoms with E-state index in [1.54, 1.807) is 18.2 Å². The predicted octanol–water partition coefficient (Wildman–Crippen LogP) is 3.27. The van der Waals surface area contributed by atoms with Crippen LogP contribution in [-0.4, -0.2) is 21.9 Å². The van der Waals surface area contributed by atoms with Crippen LogP contribution in [0.1, 0.15) is 18.2 Å². The lowest BCUT2D eigenvalue weighted by atomic mass is 10.1. The summed E-state index contributed by atoms with van der Waals surface area (Å²) in [7, 11) is 0. The summed E-state index contributed by atoms with van der Waals surface area (Å²) in [6.45, 7) is 3.15. The van der Waals surface area contributed by atoms with Crippen LogP contribution >= 0.6 is 11.8 Å². The third kappa shape index (κ3) is 3.72. The van der Waals surface area contributed by atoms with Crippen molar-refractivity contribution in [2.75, 3.05) is 0 Å². The third-order valence-corrected chi connectivity index (χ3v) is 4.40. The maximum absolute atomic E-state index is 11.9. The molecule has 26 heavy (non-hydrogen) atoms. The number of amides is 2. The first-order chi connectivity index (χ1) is 12.3. The Balaban J connectivity index is 1.86. The number of hydrogen-bond donors (Lipinski definition) is 1. The van der Waals surface area contributed by atoms with Crippen LogP contribution in [0.4, 0.5) is 5.69 Å². The maximum atomic E-state index is 11.9. The van der Waals surface area contributed by atoms with Crippen LogP contribution in [0.15, 0.2) is 44.6 Å². The number of benzene rings is 1. The quantitative estimate of drug-likeness (QED) is 0.503. The molecule has 0 atom stereocenters. The summed E-state index contributed by atoms with van der Waals surface area (Å²) >= 11 is 1.04. The molecule has 3 rings (SSSR count). The Bertz CT molecular complexity index is 990. The Morgan fingerprint density at radius 1 is 1.35 bits per heavy atom. The summed E-state index contributed by atoms with van der Waals surface area (Å²) in [6, 6.07) is 7.86. The molecule has 2 aromatic rings. The van der Waals surface area contributed by atoms with Gasteiger partial charge in [0.2, 0.25) is 5.91 Å². The third-order valence-electron chi connectivity index (χ3n) is 3.50. The van der Waals surface area contributed by atoms with Gasteiger partial charge in [-0.3, -0.25) is 19.7 Å². The van der Waals surface area contributed by atoms with E-state index in [1.807, 2.05) is 6.92 Å². The molecule has 0 radical (unpaired) electrons. The molecule has 0 fully saturated rings. The van der Waals surface area contributed by atoms with Gasteiger partial charge in [0, 0.05) is 30.7 Å². The van der Waals surface area contributed by atoms with Crippen LogP contribution < -0.4 is 5.32 Å². The van der Waals surface area contributed by atoms with Gasteiger partial charge in [-0.25, -0.2) is 0 Å². The van der Waals surface area contributed by atoms with Crippen LogP contribution in [0.3, 0.4) is 0 Å². The van der Waals surface area contributed by atoms with E-state index in [2.05, 4.69) is 10.3 Å². The van der Waals surface area contributed by atoms with Crippen molar-refractivity contribution in [3.8, 4) is 11.3 Å². The number of nitrogens with zero attached hydrogens (tertiary/aromatic N) is 2. The van der Waals surface area contributed by atoms with Crippen LogP contribution in [0, 0.1) is 17.0 Å². The Labute approximate surface area is 152 Å². The number of carbonyl (C=O) groups excluding carboxylic acids is 2. The number of nitro groups is 1. The van der Waals surface area contributed by atoms with Crippen molar-refractivity contribution in [3.63, 3.8) is 0 Å². The molecule has 0 aliphatic carbocycles. The van der Waals surface area contributed by atoms with Gasteiger partial charge in [-0.05, 0) is 36.4 Å². The number of aliphatic imine (C=N–C) groups is 1. The van der Waals surface area contributed by atoms with E-state index in [1.165, 1.54) is 25.1 Å². The van der Waals surface area contributed by atoms with E-state index < -0.39 is 10.8 Å². The van der Waals surface area contributed by atoms with Crippen LogP contribution in [0.5, 0.6) is 0 Å². The number of aryl methyl sites for hydroxylation is 1. The number of nitro benzene ring substituents is 1. The van der Waals surface area contributed by atoms with Crippen LogP contribution in [-0.2, 0) is 9.59 Å². The second-order valence-electron chi connectivity index (χ2n) is 5.47. The summed E-state index contributed by atoms with van der Waals surface area (Å²) in [5.74, 6) is 0.0764. The highest BCUT2D eigenvalue weighted by Crippen LogP contribution is 2.32. The van der Waals surface area contributed by atoms with E-state index in [9.17, 15) is 19.7 Å².